The van der Waals surface area contributed by atoms with Gasteiger partial charge in [-0.15, -0.1) is 0 Å². The van der Waals surface area contributed by atoms with E-state index in [2.05, 4.69) is 43.0 Å². The predicted octanol–water partition coefficient (Wildman–Crippen LogP) is 3.51. The van der Waals surface area contributed by atoms with Gasteiger partial charge in [0.05, 0.1) is 0 Å². The van der Waals surface area contributed by atoms with Crippen molar-refractivity contribution < 1.29 is 0 Å². The molecule has 0 aliphatic carbocycles. The maximum Gasteiger partial charge on any atom is 0.0473 e. The second kappa shape index (κ2) is 7.06. The molecular weight excluding hydrogens is 232 g/mol. The van der Waals surface area contributed by atoms with Gasteiger partial charge in [0.2, 0.25) is 0 Å². The predicted molar refractivity (Wildman–Crippen MR) is 82.3 cm³/mol. The maximum atomic E-state index is 6.08. The Bertz CT molecular complexity index is 371. The largest absolute Gasteiger partial charge is 0.329 e. The van der Waals surface area contributed by atoms with Crippen molar-refractivity contribution >= 4 is 0 Å². The third-order valence-electron chi connectivity index (χ3n) is 4.54. The van der Waals surface area contributed by atoms with E-state index in [1.807, 2.05) is 0 Å². The van der Waals surface area contributed by atoms with E-state index in [1.165, 1.54) is 43.4 Å². The van der Waals surface area contributed by atoms with Crippen LogP contribution in [0, 0.1) is 0 Å². The smallest absolute Gasteiger partial charge is 0.0473 e. The van der Waals surface area contributed by atoms with E-state index in [0.717, 1.165) is 13.0 Å². The fraction of sp³-hybridized carbons (Fsp3) is 0.647. The number of hydrogen-bond acceptors (Lipinski definition) is 2. The molecule has 0 aromatic heterocycles. The van der Waals surface area contributed by atoms with Crippen LogP contribution in [0.2, 0.25) is 0 Å². The highest BCUT2D eigenvalue weighted by Gasteiger charge is 2.27. The molecule has 2 rings (SSSR count). The van der Waals surface area contributed by atoms with Gasteiger partial charge in [-0.25, -0.2) is 0 Å². The first-order valence-electron chi connectivity index (χ1n) is 7.84. The van der Waals surface area contributed by atoms with Crippen molar-refractivity contribution in [3.63, 3.8) is 0 Å². The van der Waals surface area contributed by atoms with Gasteiger partial charge in [0.25, 0.3) is 0 Å². The van der Waals surface area contributed by atoms with Gasteiger partial charge in [0.15, 0.2) is 0 Å². The number of aryl methyl sites for hydroxylation is 1. The molecule has 0 bridgehead atoms. The van der Waals surface area contributed by atoms with Crippen molar-refractivity contribution in [3.05, 3.63) is 35.4 Å². The van der Waals surface area contributed by atoms with E-state index in [-0.39, 0.29) is 0 Å². The molecule has 2 nitrogen and oxygen atoms in total. The number of hydrogen-bond donors (Lipinski definition) is 1. The Labute approximate surface area is 118 Å². The van der Waals surface area contributed by atoms with Gasteiger partial charge in [-0.2, -0.15) is 0 Å². The number of benzene rings is 1. The topological polar surface area (TPSA) is 29.3 Å². The van der Waals surface area contributed by atoms with Crippen molar-refractivity contribution in [1.29, 1.82) is 0 Å². The van der Waals surface area contributed by atoms with Crippen LogP contribution in [0.4, 0.5) is 0 Å². The first kappa shape index (κ1) is 14.5. The zero-order valence-electron chi connectivity index (χ0n) is 12.4. The Morgan fingerprint density at radius 3 is 2.53 bits per heavy atom. The van der Waals surface area contributed by atoms with E-state index in [9.17, 15) is 0 Å². The summed E-state index contributed by atoms with van der Waals surface area (Å²) in [5.41, 5.74) is 8.88. The summed E-state index contributed by atoms with van der Waals surface area (Å²) in [6, 6.07) is 10.2. The van der Waals surface area contributed by atoms with E-state index >= 15 is 0 Å². The number of piperidine rings is 1. The van der Waals surface area contributed by atoms with Crippen LogP contribution in [0.3, 0.4) is 0 Å². The van der Waals surface area contributed by atoms with Gasteiger partial charge in [0.1, 0.15) is 0 Å². The summed E-state index contributed by atoms with van der Waals surface area (Å²) in [4.78, 5) is 2.64. The van der Waals surface area contributed by atoms with Crippen LogP contribution in [0.25, 0.3) is 0 Å². The quantitative estimate of drug-likeness (QED) is 0.878. The Morgan fingerprint density at radius 1 is 1.21 bits per heavy atom. The number of likely N-dealkylation sites (tertiary alicyclic amines) is 1. The lowest BCUT2D eigenvalue weighted by molar-refractivity contribution is 0.0949. The minimum atomic E-state index is 0.399. The van der Waals surface area contributed by atoms with E-state index in [1.54, 1.807) is 0 Å². The molecule has 1 aromatic carbocycles. The number of nitrogens with two attached hydrogens (primary N) is 1. The Balaban J connectivity index is 2.17. The zero-order valence-corrected chi connectivity index (χ0v) is 12.4. The van der Waals surface area contributed by atoms with Crippen LogP contribution < -0.4 is 5.73 Å². The van der Waals surface area contributed by atoms with Gasteiger partial charge in [-0.05, 0) is 43.4 Å². The normalized spacial score (nSPS) is 22.4. The van der Waals surface area contributed by atoms with Crippen molar-refractivity contribution in [2.24, 2.45) is 5.73 Å². The maximum absolute atomic E-state index is 6.08. The van der Waals surface area contributed by atoms with Crippen LogP contribution in [-0.2, 0) is 6.42 Å². The molecule has 0 spiro atoms. The first-order chi connectivity index (χ1) is 9.30. The molecule has 1 heterocycles. The second-order valence-electron chi connectivity index (χ2n) is 5.64. The molecule has 2 heteroatoms. The van der Waals surface area contributed by atoms with Crippen molar-refractivity contribution in [3.8, 4) is 0 Å². The van der Waals surface area contributed by atoms with E-state index < -0.39 is 0 Å². The Morgan fingerprint density at radius 2 is 1.95 bits per heavy atom. The van der Waals surface area contributed by atoms with E-state index in [0.29, 0.717) is 12.1 Å². The van der Waals surface area contributed by atoms with E-state index in [4.69, 9.17) is 5.73 Å². The van der Waals surface area contributed by atoms with Crippen molar-refractivity contribution in [2.75, 3.05) is 13.1 Å². The fourth-order valence-corrected chi connectivity index (χ4v) is 3.31. The van der Waals surface area contributed by atoms with Gasteiger partial charge >= 0.3 is 0 Å². The lowest BCUT2D eigenvalue weighted by Crippen LogP contribution is -2.44. The highest BCUT2D eigenvalue weighted by Crippen LogP contribution is 2.29. The first-order valence-corrected chi connectivity index (χ1v) is 7.84. The SMILES string of the molecule is CCc1ccc(C(CN)N2CCCCC2CC)cc1. The highest BCUT2D eigenvalue weighted by molar-refractivity contribution is 5.25. The summed E-state index contributed by atoms with van der Waals surface area (Å²) in [6.07, 6.45) is 6.37. The van der Waals surface area contributed by atoms with Gasteiger partial charge < -0.3 is 5.73 Å². The van der Waals surface area contributed by atoms with Gasteiger partial charge in [0, 0.05) is 18.6 Å². The Hall–Kier alpha value is -0.860. The van der Waals surface area contributed by atoms with Crippen molar-refractivity contribution in [2.45, 2.75) is 58.0 Å². The standard InChI is InChI=1S/C17H28N2/c1-3-14-8-10-15(11-9-14)17(13-18)19-12-6-5-7-16(19)4-2/h8-11,16-17H,3-7,12-13,18H2,1-2H3. The minimum absolute atomic E-state index is 0.399. The summed E-state index contributed by atoms with van der Waals surface area (Å²) in [7, 11) is 0. The fourth-order valence-electron chi connectivity index (χ4n) is 3.31. The molecular formula is C17H28N2. The molecule has 1 saturated heterocycles. The molecule has 2 N–H and O–H groups in total. The Kier molecular flexibility index (Phi) is 5.41. The zero-order chi connectivity index (χ0) is 13.7. The molecule has 1 aliphatic rings. The van der Waals surface area contributed by atoms with Gasteiger partial charge in [-0.1, -0.05) is 44.5 Å². The molecule has 1 aliphatic heterocycles. The molecule has 106 valence electrons. The summed E-state index contributed by atoms with van der Waals surface area (Å²) in [6.45, 7) is 6.43. The second-order valence-corrected chi connectivity index (χ2v) is 5.64. The van der Waals surface area contributed by atoms with Crippen LogP contribution in [-0.4, -0.2) is 24.0 Å². The molecule has 2 unspecified atom stereocenters. The lowest BCUT2D eigenvalue weighted by atomic mass is 9.94. The molecule has 19 heavy (non-hydrogen) atoms. The van der Waals surface area contributed by atoms with Crippen LogP contribution >= 0.6 is 0 Å². The van der Waals surface area contributed by atoms with Crippen LogP contribution in [0.1, 0.15) is 56.7 Å². The molecule has 0 amide bonds. The van der Waals surface area contributed by atoms with Gasteiger partial charge in [-0.3, -0.25) is 4.90 Å². The summed E-state index contributed by atoms with van der Waals surface area (Å²) < 4.78 is 0. The molecule has 0 saturated carbocycles. The number of rotatable bonds is 5. The highest BCUT2D eigenvalue weighted by atomic mass is 15.2. The molecule has 1 fully saturated rings. The lowest BCUT2D eigenvalue weighted by Gasteiger charge is -2.41. The van der Waals surface area contributed by atoms with Crippen LogP contribution in [0.5, 0.6) is 0 Å². The number of nitrogens with zero attached hydrogens (tertiary/aromatic N) is 1. The summed E-state index contributed by atoms with van der Waals surface area (Å²) in [5.74, 6) is 0. The monoisotopic (exact) mass is 260 g/mol. The van der Waals surface area contributed by atoms with Crippen molar-refractivity contribution in [1.82, 2.24) is 4.90 Å². The average molecular weight is 260 g/mol. The third kappa shape index (κ3) is 3.37. The third-order valence-corrected chi connectivity index (χ3v) is 4.54. The van der Waals surface area contributed by atoms with Crippen LogP contribution in [0.15, 0.2) is 24.3 Å². The minimum Gasteiger partial charge on any atom is -0.329 e. The summed E-state index contributed by atoms with van der Waals surface area (Å²) in [5, 5.41) is 0. The average Bonchev–Trinajstić information content (AvgIpc) is 2.49. The summed E-state index contributed by atoms with van der Waals surface area (Å²) >= 11 is 0. The molecule has 2 atom stereocenters. The molecule has 1 aromatic rings. The molecule has 0 radical (unpaired) electrons.